The van der Waals surface area contributed by atoms with E-state index in [1.54, 1.807) is 20.8 Å². The van der Waals surface area contributed by atoms with E-state index in [9.17, 15) is 24.6 Å². The molecule has 2 atom stereocenters. The van der Waals surface area contributed by atoms with E-state index in [1.165, 1.54) is 6.92 Å². The Balaban J connectivity index is 3.52. The van der Waals surface area contributed by atoms with Crippen LogP contribution >= 0.6 is 0 Å². The van der Waals surface area contributed by atoms with Gasteiger partial charge in [-0.25, -0.2) is 0 Å². The fourth-order valence-electron chi connectivity index (χ4n) is 3.36. The van der Waals surface area contributed by atoms with Crippen LogP contribution in [0.5, 0.6) is 0 Å². The van der Waals surface area contributed by atoms with Crippen molar-refractivity contribution in [3.8, 4) is 0 Å². The fourth-order valence-corrected chi connectivity index (χ4v) is 3.36. The minimum Gasteiger partial charge on any atom is -0.481 e. The highest BCUT2D eigenvalue weighted by Gasteiger charge is 2.66. The van der Waals surface area contributed by atoms with Gasteiger partial charge in [0.2, 0.25) is 0 Å². The van der Waals surface area contributed by atoms with Gasteiger partial charge >= 0.3 is 11.9 Å². The summed E-state index contributed by atoms with van der Waals surface area (Å²) in [6, 6.07) is 0. The lowest BCUT2D eigenvalue weighted by atomic mass is 9.47. The molecule has 1 saturated carbocycles. The van der Waals surface area contributed by atoms with E-state index in [2.05, 4.69) is 0 Å². The summed E-state index contributed by atoms with van der Waals surface area (Å²) in [5.74, 6) is -2.53. The second-order valence-electron chi connectivity index (χ2n) is 6.31. The molecule has 102 valence electrons. The van der Waals surface area contributed by atoms with E-state index < -0.39 is 28.2 Å². The summed E-state index contributed by atoms with van der Waals surface area (Å²) in [5.41, 5.74) is -3.74. The molecule has 5 nitrogen and oxygen atoms in total. The van der Waals surface area contributed by atoms with Crippen molar-refractivity contribution < 1.29 is 24.6 Å². The molecule has 0 aromatic heterocycles. The zero-order valence-corrected chi connectivity index (χ0v) is 11.2. The number of ketones is 1. The minimum absolute atomic E-state index is 0.0769. The maximum atomic E-state index is 11.8. The summed E-state index contributed by atoms with van der Waals surface area (Å²) in [4.78, 5) is 34.9. The van der Waals surface area contributed by atoms with Crippen molar-refractivity contribution in [2.45, 2.75) is 47.0 Å². The Morgan fingerprint density at radius 2 is 1.67 bits per heavy atom. The van der Waals surface area contributed by atoms with Crippen molar-refractivity contribution in [2.24, 2.45) is 16.2 Å². The smallest absolute Gasteiger partial charge is 0.311 e. The fraction of sp³-hybridized carbons (Fsp3) is 0.769. The zero-order valence-electron chi connectivity index (χ0n) is 11.2. The molecule has 0 aromatic rings. The molecule has 1 fully saturated rings. The maximum Gasteiger partial charge on any atom is 0.311 e. The molecule has 1 aliphatic carbocycles. The molecule has 5 heteroatoms. The lowest BCUT2D eigenvalue weighted by molar-refractivity contribution is -0.192. The van der Waals surface area contributed by atoms with Crippen LogP contribution < -0.4 is 0 Å². The van der Waals surface area contributed by atoms with Gasteiger partial charge in [-0.15, -0.1) is 0 Å². The van der Waals surface area contributed by atoms with Crippen LogP contribution in [-0.2, 0) is 14.4 Å². The van der Waals surface area contributed by atoms with Crippen molar-refractivity contribution in [2.75, 3.05) is 0 Å². The molecule has 0 spiro atoms. The largest absolute Gasteiger partial charge is 0.481 e. The number of hydrogen-bond acceptors (Lipinski definition) is 3. The first kappa shape index (κ1) is 14.7. The lowest BCUT2D eigenvalue weighted by Crippen LogP contribution is -2.60. The van der Waals surface area contributed by atoms with E-state index in [-0.39, 0.29) is 25.0 Å². The number of rotatable bonds is 2. The van der Waals surface area contributed by atoms with Crippen molar-refractivity contribution in [1.29, 1.82) is 0 Å². The van der Waals surface area contributed by atoms with Gasteiger partial charge in [-0.2, -0.15) is 0 Å². The van der Waals surface area contributed by atoms with Crippen molar-refractivity contribution in [1.82, 2.24) is 0 Å². The van der Waals surface area contributed by atoms with Gasteiger partial charge in [0, 0.05) is 12.8 Å². The van der Waals surface area contributed by atoms with Crippen molar-refractivity contribution >= 4 is 17.7 Å². The monoisotopic (exact) mass is 256 g/mol. The highest BCUT2D eigenvalue weighted by Crippen LogP contribution is 2.59. The predicted molar refractivity (Wildman–Crippen MR) is 64.1 cm³/mol. The van der Waals surface area contributed by atoms with Crippen LogP contribution in [0.25, 0.3) is 0 Å². The van der Waals surface area contributed by atoms with Crippen LogP contribution in [0, 0.1) is 16.2 Å². The molecule has 1 aliphatic rings. The molecule has 0 radical (unpaired) electrons. The number of carbonyl (C=O) groups is 3. The van der Waals surface area contributed by atoms with Crippen LogP contribution in [0.3, 0.4) is 0 Å². The van der Waals surface area contributed by atoms with Gasteiger partial charge in [-0.05, 0) is 18.8 Å². The molecule has 1 rings (SSSR count). The van der Waals surface area contributed by atoms with Crippen LogP contribution in [0.15, 0.2) is 0 Å². The molecule has 0 unspecified atom stereocenters. The number of aliphatic carboxylic acids is 2. The van der Waals surface area contributed by atoms with E-state index in [0.29, 0.717) is 0 Å². The molecular formula is C13H20O5. The first-order chi connectivity index (χ1) is 7.99. The minimum atomic E-state index is -1.56. The Morgan fingerprint density at radius 1 is 1.17 bits per heavy atom. The average Bonchev–Trinajstić information content (AvgIpc) is 2.14. The van der Waals surface area contributed by atoms with Gasteiger partial charge in [-0.1, -0.05) is 20.8 Å². The highest BCUT2D eigenvalue weighted by atomic mass is 16.4. The second-order valence-corrected chi connectivity index (χ2v) is 6.31. The van der Waals surface area contributed by atoms with Crippen LogP contribution in [-0.4, -0.2) is 27.9 Å². The normalized spacial score (nSPS) is 33.2. The number of carboxylic acid groups (broad SMARTS) is 2. The number of carboxylic acids is 2. The van der Waals surface area contributed by atoms with Crippen molar-refractivity contribution in [3.63, 3.8) is 0 Å². The van der Waals surface area contributed by atoms with Crippen LogP contribution in [0.2, 0.25) is 0 Å². The zero-order chi connectivity index (χ0) is 14.4. The summed E-state index contributed by atoms with van der Waals surface area (Å²) < 4.78 is 0. The summed E-state index contributed by atoms with van der Waals surface area (Å²) in [5, 5.41) is 19.1. The topological polar surface area (TPSA) is 91.7 Å². The van der Waals surface area contributed by atoms with Gasteiger partial charge in [-0.3, -0.25) is 14.4 Å². The van der Waals surface area contributed by atoms with Gasteiger partial charge in [0.25, 0.3) is 0 Å². The van der Waals surface area contributed by atoms with E-state index in [4.69, 9.17) is 0 Å². The third kappa shape index (κ3) is 1.72. The Kier molecular flexibility index (Phi) is 3.32. The van der Waals surface area contributed by atoms with Crippen LogP contribution in [0.4, 0.5) is 0 Å². The summed E-state index contributed by atoms with van der Waals surface area (Å²) in [6.07, 6.45) is -0.00812. The number of hydrogen-bond donors (Lipinski definition) is 2. The maximum absolute atomic E-state index is 11.8. The van der Waals surface area contributed by atoms with Crippen molar-refractivity contribution in [3.05, 3.63) is 0 Å². The molecular weight excluding hydrogens is 236 g/mol. The van der Waals surface area contributed by atoms with E-state index >= 15 is 0 Å². The SMILES string of the molecule is CC(C)(C)[C@]1(C(=O)O)CCC(=O)C[C@]1(C)C(=O)O. The van der Waals surface area contributed by atoms with E-state index in [1.807, 2.05) is 0 Å². The Morgan fingerprint density at radius 3 is 2.00 bits per heavy atom. The van der Waals surface area contributed by atoms with Gasteiger partial charge < -0.3 is 10.2 Å². The summed E-state index contributed by atoms with van der Waals surface area (Å²) in [7, 11) is 0. The lowest BCUT2D eigenvalue weighted by Gasteiger charge is -2.53. The average molecular weight is 256 g/mol. The quantitative estimate of drug-likeness (QED) is 0.787. The first-order valence-corrected chi connectivity index (χ1v) is 5.97. The molecule has 0 saturated heterocycles. The third-order valence-corrected chi connectivity index (χ3v) is 4.39. The molecule has 0 bridgehead atoms. The molecule has 18 heavy (non-hydrogen) atoms. The third-order valence-electron chi connectivity index (χ3n) is 4.39. The second kappa shape index (κ2) is 4.07. The van der Waals surface area contributed by atoms with Crippen LogP contribution in [0.1, 0.15) is 47.0 Å². The Bertz CT molecular complexity index is 406. The standard InChI is InChI=1S/C13H20O5/c1-11(2,3)13(10(17)18)6-5-8(14)7-12(13,4)9(15)16/h5-7H2,1-4H3,(H,15,16)(H,17,18)/t12-,13-/m1/s1. The van der Waals surface area contributed by atoms with Gasteiger partial charge in [0.05, 0.1) is 10.8 Å². The first-order valence-electron chi connectivity index (χ1n) is 5.97. The molecule has 0 aromatic carbocycles. The van der Waals surface area contributed by atoms with E-state index in [0.717, 1.165) is 0 Å². The molecule has 0 aliphatic heterocycles. The molecule has 2 N–H and O–H groups in total. The number of Topliss-reactive ketones (excluding diaryl/α,β-unsaturated/α-hetero) is 1. The molecule has 0 amide bonds. The molecule has 0 heterocycles. The number of carbonyl (C=O) groups excluding carboxylic acids is 1. The Hall–Kier alpha value is -1.39. The summed E-state index contributed by atoms with van der Waals surface area (Å²) >= 11 is 0. The highest BCUT2D eigenvalue weighted by molar-refractivity contribution is 5.94. The van der Waals surface area contributed by atoms with Gasteiger partial charge in [0.15, 0.2) is 0 Å². The Labute approximate surface area is 106 Å². The van der Waals surface area contributed by atoms with Gasteiger partial charge in [0.1, 0.15) is 5.78 Å². The summed E-state index contributed by atoms with van der Waals surface area (Å²) in [6.45, 7) is 6.54. The predicted octanol–water partition coefficient (Wildman–Crippen LogP) is 1.95.